The summed E-state index contributed by atoms with van der Waals surface area (Å²) in [4.78, 5) is 8.00. The van der Waals surface area contributed by atoms with Crippen molar-refractivity contribution in [3.63, 3.8) is 0 Å². The zero-order valence-electron chi connectivity index (χ0n) is 3.66. The Labute approximate surface area is 61.1 Å². The third kappa shape index (κ3) is 5890. The van der Waals surface area contributed by atoms with E-state index >= 15 is 0 Å². The number of hydrogen-bond donors (Lipinski definition) is 0. The zero-order chi connectivity index (χ0) is 7.21. The molecule has 0 aromatic rings. The van der Waals surface area contributed by atoms with Gasteiger partial charge in [0.1, 0.15) is 0 Å². The summed E-state index contributed by atoms with van der Waals surface area (Å²) in [5.74, 6) is 0. The van der Waals surface area contributed by atoms with E-state index in [4.69, 9.17) is 27.6 Å². The van der Waals surface area contributed by atoms with Gasteiger partial charge >= 0.3 is 17.1 Å². The molecule has 0 aromatic carbocycles. The maximum absolute atomic E-state index is 8.52. The third-order valence-corrected chi connectivity index (χ3v) is 0. The second kappa shape index (κ2) is 7.79. The Kier molecular flexibility index (Phi) is 13.8. The van der Waals surface area contributed by atoms with E-state index in [9.17, 15) is 0 Å². The molecule has 0 saturated carbocycles. The van der Waals surface area contributed by atoms with Crippen molar-refractivity contribution in [2.24, 2.45) is 5.34 Å². The van der Waals surface area contributed by atoms with Crippen LogP contribution in [-0.4, -0.2) is 17.5 Å². The van der Waals surface area contributed by atoms with Crippen LogP contribution in [0.5, 0.6) is 0 Å². The van der Waals surface area contributed by atoms with E-state index in [1.54, 1.807) is 0 Å². The van der Waals surface area contributed by atoms with Crippen LogP contribution in [-0.2, 0) is 27.5 Å². The molecular weight excluding hydrogens is 198 g/mol. The van der Waals surface area contributed by atoms with E-state index in [1.165, 1.54) is 0 Å². The van der Waals surface area contributed by atoms with Crippen LogP contribution in [0.25, 0.3) is 0 Å². The Balaban J connectivity index is -0.0000000800. The number of nitrogens with zero attached hydrogens (tertiary/aromatic N) is 1. The van der Waals surface area contributed by atoms with Crippen molar-refractivity contribution >= 4 is 10.4 Å². The SMILES string of the molecule is O=N[O-].O=S(=O)([O-])[O-].[Fe+2]. The molecule has 0 unspecified atom stereocenters. The predicted molar refractivity (Wildman–Crippen MR) is 19.6 cm³/mol. The van der Waals surface area contributed by atoms with Gasteiger partial charge in [0.25, 0.3) is 0 Å². The van der Waals surface area contributed by atoms with Gasteiger partial charge in [0.15, 0.2) is 0 Å². The van der Waals surface area contributed by atoms with Gasteiger partial charge < -0.3 is 19.2 Å². The summed E-state index contributed by atoms with van der Waals surface area (Å²) >= 11 is 0. The Morgan fingerprint density at radius 1 is 1.22 bits per heavy atom. The molecule has 0 aromatic heterocycles. The summed E-state index contributed by atoms with van der Waals surface area (Å²) in [5.41, 5.74) is 0. The fourth-order valence-electron chi connectivity index (χ4n) is 0. The van der Waals surface area contributed by atoms with Crippen LogP contribution < -0.4 is 0 Å². The molecule has 0 bridgehead atoms. The van der Waals surface area contributed by atoms with Gasteiger partial charge in [0.2, 0.25) is 0 Å². The van der Waals surface area contributed by atoms with Crippen LogP contribution in [0.4, 0.5) is 0 Å². The minimum atomic E-state index is -5.17. The van der Waals surface area contributed by atoms with Crippen LogP contribution in [0, 0.1) is 10.1 Å². The van der Waals surface area contributed by atoms with E-state index in [2.05, 4.69) is 0 Å². The van der Waals surface area contributed by atoms with Crippen LogP contribution in [0.1, 0.15) is 0 Å². The number of rotatable bonds is 0. The Morgan fingerprint density at radius 3 is 1.22 bits per heavy atom. The summed E-state index contributed by atoms with van der Waals surface area (Å²) in [6.45, 7) is 0. The first-order chi connectivity index (χ1) is 3.41. The van der Waals surface area contributed by atoms with Gasteiger partial charge in [-0.1, -0.05) is 0 Å². The summed E-state index contributed by atoms with van der Waals surface area (Å²) in [7, 11) is -5.17. The Morgan fingerprint density at radius 2 is 1.22 bits per heavy atom. The Hall–Kier alpha value is -0.211. The van der Waals surface area contributed by atoms with Crippen LogP contribution in [0.3, 0.4) is 0 Å². The topological polar surface area (TPSA) is 133 Å². The molecule has 9 heteroatoms. The monoisotopic (exact) mass is 198 g/mol. The first-order valence-electron chi connectivity index (χ1n) is 1.03. The molecular formula is FeNO6S-. The van der Waals surface area contributed by atoms with Gasteiger partial charge in [-0.25, -0.2) is 0 Å². The maximum atomic E-state index is 8.52. The summed E-state index contributed by atoms with van der Waals surface area (Å²) in [6.07, 6.45) is 0. The van der Waals surface area contributed by atoms with Gasteiger partial charge in [-0.05, 0) is 0 Å². The van der Waals surface area contributed by atoms with Crippen molar-refractivity contribution in [2.45, 2.75) is 0 Å². The molecule has 0 N–H and O–H groups in total. The van der Waals surface area contributed by atoms with Crippen LogP contribution in [0.2, 0.25) is 0 Å². The largest absolute Gasteiger partial charge is 2.00 e. The van der Waals surface area contributed by atoms with Crippen molar-refractivity contribution in [1.82, 2.24) is 0 Å². The van der Waals surface area contributed by atoms with Crippen molar-refractivity contribution in [3.8, 4) is 0 Å². The first-order valence-corrected chi connectivity index (χ1v) is 2.37. The molecule has 0 aliphatic heterocycles. The first kappa shape index (κ1) is 15.9. The smallest absolute Gasteiger partial charge is 0.759 e. The van der Waals surface area contributed by atoms with Gasteiger partial charge in [-0.2, -0.15) is 0 Å². The average Bonchev–Trinajstić information content (AvgIpc) is 1.27. The van der Waals surface area contributed by atoms with E-state index in [0.29, 0.717) is 0 Å². The van der Waals surface area contributed by atoms with Gasteiger partial charge in [0.05, 0.1) is 0 Å². The summed E-state index contributed by atoms with van der Waals surface area (Å²) < 4.78 is 34.1. The zero-order valence-corrected chi connectivity index (χ0v) is 5.58. The second-order valence-corrected chi connectivity index (χ2v) is 1.30. The van der Waals surface area contributed by atoms with Crippen LogP contribution >= 0.6 is 0 Å². The molecule has 0 saturated heterocycles. The molecule has 0 heterocycles. The molecule has 0 fully saturated rings. The van der Waals surface area contributed by atoms with E-state index in [0.717, 1.165) is 5.34 Å². The van der Waals surface area contributed by atoms with Gasteiger partial charge in [0, 0.05) is 10.4 Å². The summed E-state index contributed by atoms with van der Waals surface area (Å²) in [6, 6.07) is 0. The normalized spacial score (nSPS) is 7.78. The molecule has 0 atom stereocenters. The average molecular weight is 198 g/mol. The molecule has 0 spiro atoms. The molecule has 0 amide bonds. The maximum Gasteiger partial charge on any atom is 2.00 e. The molecule has 0 aliphatic rings. The molecule has 7 nitrogen and oxygen atoms in total. The standard InChI is InChI=1S/Fe.HNO2.H2O4S/c;2-1-3;1-5(2,3)4/h;(H,2,3);(H2,1,2,3,4)/q+2;;/p-3. The van der Waals surface area contributed by atoms with Crippen molar-refractivity contribution in [1.29, 1.82) is 0 Å². The molecule has 9 heavy (non-hydrogen) atoms. The Bertz CT molecular complexity index is 127. The number of hydrogen-bond acceptors (Lipinski definition) is 7. The molecule has 56 valence electrons. The van der Waals surface area contributed by atoms with Crippen molar-refractivity contribution < 1.29 is 34.6 Å². The molecule has 0 rings (SSSR count). The van der Waals surface area contributed by atoms with Gasteiger partial charge in [-0.15, -0.1) is 5.34 Å². The van der Waals surface area contributed by atoms with Crippen LogP contribution in [0.15, 0.2) is 5.34 Å². The van der Waals surface area contributed by atoms with E-state index in [1.807, 2.05) is 0 Å². The van der Waals surface area contributed by atoms with Crippen molar-refractivity contribution in [3.05, 3.63) is 10.1 Å². The van der Waals surface area contributed by atoms with Crippen molar-refractivity contribution in [2.75, 3.05) is 0 Å². The second-order valence-electron chi connectivity index (χ2n) is 0.483. The quantitative estimate of drug-likeness (QED) is 0.159. The predicted octanol–water partition coefficient (Wildman–Crippen LogP) is -1.09. The van der Waals surface area contributed by atoms with E-state index < -0.39 is 10.4 Å². The fraction of sp³-hybridized carbons (Fsp3) is 0. The summed E-state index contributed by atoms with van der Waals surface area (Å²) in [5, 5.41) is 9.00. The minimum absolute atomic E-state index is 0. The molecule has 0 radical (unpaired) electrons. The van der Waals surface area contributed by atoms with E-state index in [-0.39, 0.29) is 17.1 Å². The minimum Gasteiger partial charge on any atom is -0.759 e. The van der Waals surface area contributed by atoms with Gasteiger partial charge in [-0.3, -0.25) is 8.42 Å². The molecule has 0 aliphatic carbocycles. The fourth-order valence-corrected chi connectivity index (χ4v) is 0. The third-order valence-electron chi connectivity index (χ3n) is 0.